The van der Waals surface area contributed by atoms with Crippen LogP contribution in [0.1, 0.15) is 42.4 Å². The van der Waals surface area contributed by atoms with Crippen molar-refractivity contribution in [1.82, 2.24) is 0 Å². The van der Waals surface area contributed by atoms with E-state index in [4.69, 9.17) is 0 Å². The van der Waals surface area contributed by atoms with Crippen molar-refractivity contribution in [2.75, 3.05) is 0 Å². The number of unbranched alkanes of at least 4 members (excludes halogenated alkanes) is 3. The zero-order chi connectivity index (χ0) is 13.8. The van der Waals surface area contributed by atoms with Crippen molar-refractivity contribution >= 4 is 22.7 Å². The molecule has 0 aliphatic heterocycles. The third-order valence-corrected chi connectivity index (χ3v) is 5.42. The summed E-state index contributed by atoms with van der Waals surface area (Å²) < 4.78 is 27.5. The Morgan fingerprint density at radius 3 is 2.42 bits per heavy atom. The molecule has 0 unspecified atom stereocenters. The fourth-order valence-corrected chi connectivity index (χ4v) is 4.12. The number of rotatable bonds is 6. The molecule has 2 aromatic heterocycles. The van der Waals surface area contributed by atoms with Gasteiger partial charge in [-0.1, -0.05) is 26.2 Å². The molecule has 0 aromatic carbocycles. The minimum atomic E-state index is -0.235. The normalized spacial score (nSPS) is 11.2. The molecule has 0 atom stereocenters. The molecule has 4 heteroatoms. The van der Waals surface area contributed by atoms with Gasteiger partial charge in [0.05, 0.1) is 9.75 Å². The first-order valence-corrected chi connectivity index (χ1v) is 8.29. The Kier molecular flexibility index (Phi) is 5.11. The van der Waals surface area contributed by atoms with Crippen molar-refractivity contribution in [1.29, 1.82) is 0 Å². The zero-order valence-electron chi connectivity index (χ0n) is 11.3. The second kappa shape index (κ2) is 6.62. The number of aryl methyl sites for hydroxylation is 2. The van der Waals surface area contributed by atoms with E-state index in [2.05, 4.69) is 6.92 Å². The van der Waals surface area contributed by atoms with E-state index in [1.807, 2.05) is 6.92 Å². The van der Waals surface area contributed by atoms with Gasteiger partial charge >= 0.3 is 0 Å². The van der Waals surface area contributed by atoms with Crippen molar-refractivity contribution in [2.45, 2.75) is 46.0 Å². The predicted molar refractivity (Wildman–Crippen MR) is 80.1 cm³/mol. The summed E-state index contributed by atoms with van der Waals surface area (Å²) in [5, 5.41) is 0. The summed E-state index contributed by atoms with van der Waals surface area (Å²) in [6, 6.07) is 2.99. The van der Waals surface area contributed by atoms with Gasteiger partial charge in [-0.2, -0.15) is 0 Å². The van der Waals surface area contributed by atoms with E-state index in [9.17, 15) is 8.78 Å². The van der Waals surface area contributed by atoms with Crippen molar-refractivity contribution in [2.24, 2.45) is 0 Å². The summed E-state index contributed by atoms with van der Waals surface area (Å²) in [7, 11) is 0. The first kappa shape index (κ1) is 14.7. The molecule has 0 saturated carbocycles. The molecule has 0 amide bonds. The number of hydrogen-bond acceptors (Lipinski definition) is 2. The molecule has 0 nitrogen and oxygen atoms in total. The molecule has 2 rings (SSSR count). The van der Waals surface area contributed by atoms with Crippen molar-refractivity contribution in [3.63, 3.8) is 0 Å². The van der Waals surface area contributed by atoms with Crippen LogP contribution in [0.15, 0.2) is 12.1 Å². The summed E-state index contributed by atoms with van der Waals surface area (Å²) in [5.41, 5.74) is 0. The molecule has 0 aliphatic carbocycles. The maximum Gasteiger partial charge on any atom is 0.142 e. The van der Waals surface area contributed by atoms with E-state index in [-0.39, 0.29) is 11.6 Å². The number of hydrogen-bond donors (Lipinski definition) is 0. The standard InChI is InChI=1S/C15H18F2S2/c1-3-4-5-6-7-13-11(16)9-14(19-13)15-12(17)8-10(2)18-15/h8-9H,3-7H2,1-2H3. The molecule has 0 radical (unpaired) electrons. The van der Waals surface area contributed by atoms with Crippen LogP contribution in [0.3, 0.4) is 0 Å². The largest absolute Gasteiger partial charge is 0.206 e. The second-order valence-electron chi connectivity index (χ2n) is 4.73. The number of halogens is 2. The van der Waals surface area contributed by atoms with Crippen LogP contribution in [0.25, 0.3) is 9.75 Å². The molecule has 19 heavy (non-hydrogen) atoms. The summed E-state index contributed by atoms with van der Waals surface area (Å²) in [6.07, 6.45) is 5.28. The van der Waals surface area contributed by atoms with E-state index < -0.39 is 0 Å². The Bertz CT molecular complexity index is 540. The van der Waals surface area contributed by atoms with E-state index in [0.717, 1.165) is 33.9 Å². The van der Waals surface area contributed by atoms with Crippen LogP contribution in [-0.2, 0) is 6.42 Å². The first-order chi connectivity index (χ1) is 9.11. The van der Waals surface area contributed by atoms with Crippen molar-refractivity contribution < 1.29 is 8.78 Å². The minimum Gasteiger partial charge on any atom is -0.206 e. The maximum atomic E-state index is 13.8. The Morgan fingerprint density at radius 2 is 1.79 bits per heavy atom. The maximum absolute atomic E-state index is 13.8. The van der Waals surface area contributed by atoms with Gasteiger partial charge in [-0.15, -0.1) is 22.7 Å². The van der Waals surface area contributed by atoms with Crippen molar-refractivity contribution in [3.05, 3.63) is 33.5 Å². The number of thiophene rings is 2. The van der Waals surface area contributed by atoms with Crippen molar-refractivity contribution in [3.8, 4) is 9.75 Å². The highest BCUT2D eigenvalue weighted by atomic mass is 32.1. The Balaban J connectivity index is 2.10. The molecule has 104 valence electrons. The smallest absolute Gasteiger partial charge is 0.142 e. The van der Waals surface area contributed by atoms with Crippen LogP contribution in [-0.4, -0.2) is 0 Å². The lowest BCUT2D eigenvalue weighted by atomic mass is 10.1. The fraction of sp³-hybridized carbons (Fsp3) is 0.467. The van der Waals surface area contributed by atoms with Gasteiger partial charge in [0.1, 0.15) is 11.6 Å². The summed E-state index contributed by atoms with van der Waals surface area (Å²) in [6.45, 7) is 4.03. The van der Waals surface area contributed by atoms with Gasteiger partial charge < -0.3 is 0 Å². The lowest BCUT2D eigenvalue weighted by Gasteiger charge is -1.97. The topological polar surface area (TPSA) is 0 Å². The molecule has 0 saturated heterocycles. The molecule has 2 heterocycles. The average molecular weight is 300 g/mol. The zero-order valence-corrected chi connectivity index (χ0v) is 12.9. The van der Waals surface area contributed by atoms with E-state index in [0.29, 0.717) is 4.88 Å². The van der Waals surface area contributed by atoms with E-state index in [1.54, 1.807) is 0 Å². The molecule has 0 bridgehead atoms. The first-order valence-electron chi connectivity index (χ1n) is 6.66. The van der Waals surface area contributed by atoms with Gasteiger partial charge in [-0.25, -0.2) is 8.78 Å². The quantitative estimate of drug-likeness (QED) is 0.558. The Hall–Kier alpha value is -0.740. The molecular weight excluding hydrogens is 282 g/mol. The summed E-state index contributed by atoms with van der Waals surface area (Å²) in [4.78, 5) is 2.97. The van der Waals surface area contributed by atoms with Gasteiger partial charge in [0, 0.05) is 9.75 Å². The fourth-order valence-electron chi connectivity index (χ4n) is 2.05. The van der Waals surface area contributed by atoms with Gasteiger partial charge in [0.15, 0.2) is 0 Å². The SMILES string of the molecule is CCCCCCc1sc(-c2sc(C)cc2F)cc1F. The van der Waals surface area contributed by atoms with Crippen LogP contribution in [0, 0.1) is 18.6 Å². The van der Waals surface area contributed by atoms with Gasteiger partial charge in [-0.05, 0) is 31.9 Å². The highest BCUT2D eigenvalue weighted by Gasteiger charge is 2.15. The van der Waals surface area contributed by atoms with Crippen LogP contribution >= 0.6 is 22.7 Å². The molecule has 0 fully saturated rings. The van der Waals surface area contributed by atoms with Gasteiger partial charge in [-0.3, -0.25) is 0 Å². The third kappa shape index (κ3) is 3.63. The molecule has 0 N–H and O–H groups in total. The highest BCUT2D eigenvalue weighted by Crippen LogP contribution is 2.37. The lowest BCUT2D eigenvalue weighted by molar-refractivity contribution is 0.603. The molecular formula is C15H18F2S2. The highest BCUT2D eigenvalue weighted by molar-refractivity contribution is 7.22. The Morgan fingerprint density at radius 1 is 1.00 bits per heavy atom. The van der Waals surface area contributed by atoms with Crippen LogP contribution in [0.4, 0.5) is 8.78 Å². The van der Waals surface area contributed by atoms with Gasteiger partial charge in [0.25, 0.3) is 0 Å². The van der Waals surface area contributed by atoms with Crippen LogP contribution in [0.2, 0.25) is 0 Å². The lowest BCUT2D eigenvalue weighted by Crippen LogP contribution is -1.84. The summed E-state index contributed by atoms with van der Waals surface area (Å²) >= 11 is 2.78. The van der Waals surface area contributed by atoms with Crippen LogP contribution < -0.4 is 0 Å². The van der Waals surface area contributed by atoms with Crippen LogP contribution in [0.5, 0.6) is 0 Å². The molecule has 2 aromatic rings. The minimum absolute atomic E-state index is 0.179. The molecule has 0 aliphatic rings. The summed E-state index contributed by atoms with van der Waals surface area (Å²) in [5.74, 6) is -0.414. The van der Waals surface area contributed by atoms with E-state index >= 15 is 0 Å². The average Bonchev–Trinajstić information content (AvgIpc) is 2.88. The monoisotopic (exact) mass is 300 g/mol. The molecule has 0 spiro atoms. The predicted octanol–water partition coefficient (Wildman–Crippen LogP) is 6.19. The van der Waals surface area contributed by atoms with E-state index in [1.165, 1.54) is 47.6 Å². The van der Waals surface area contributed by atoms with Gasteiger partial charge in [0.2, 0.25) is 0 Å². The Labute approximate surface area is 121 Å². The third-order valence-electron chi connectivity index (χ3n) is 3.05. The second-order valence-corrected chi connectivity index (χ2v) is 7.12.